The molecular formula is C9H9NO4. The molecule has 0 fully saturated rings. The summed E-state index contributed by atoms with van der Waals surface area (Å²) >= 11 is 0. The van der Waals surface area contributed by atoms with E-state index in [0.29, 0.717) is 24.3 Å². The molecule has 0 saturated carbocycles. The highest BCUT2D eigenvalue weighted by molar-refractivity contribution is 5.88. The lowest BCUT2D eigenvalue weighted by Gasteiger charge is -1.90. The Hall–Kier alpha value is -1.87. The lowest BCUT2D eigenvalue weighted by atomic mass is 10.2. The molecule has 1 aromatic rings. The van der Waals surface area contributed by atoms with Gasteiger partial charge >= 0.3 is 5.97 Å². The summed E-state index contributed by atoms with van der Waals surface area (Å²) in [6, 6.07) is 1.56. The van der Waals surface area contributed by atoms with Crippen LogP contribution in [0.1, 0.15) is 16.1 Å². The van der Waals surface area contributed by atoms with Crippen molar-refractivity contribution >= 4 is 12.0 Å². The van der Waals surface area contributed by atoms with Crippen molar-refractivity contribution in [3.8, 4) is 0 Å². The molecule has 1 heterocycles. The normalized spacial score (nSPS) is 9.21. The van der Waals surface area contributed by atoms with E-state index in [1.165, 1.54) is 19.5 Å². The van der Waals surface area contributed by atoms with E-state index in [4.69, 9.17) is 4.42 Å². The molecule has 0 spiro atoms. The van der Waals surface area contributed by atoms with Crippen LogP contribution in [-0.4, -0.2) is 25.7 Å². The maximum absolute atomic E-state index is 11.0. The fourth-order valence-corrected chi connectivity index (χ4v) is 0.948. The lowest BCUT2D eigenvalue weighted by Crippen LogP contribution is -1.98. The average Bonchev–Trinajstić information content (AvgIpc) is 2.66. The van der Waals surface area contributed by atoms with E-state index in [9.17, 15) is 9.59 Å². The summed E-state index contributed by atoms with van der Waals surface area (Å²) in [6.45, 7) is 0.303. The fourth-order valence-electron chi connectivity index (χ4n) is 0.948. The van der Waals surface area contributed by atoms with Crippen molar-refractivity contribution < 1.29 is 18.7 Å². The summed E-state index contributed by atoms with van der Waals surface area (Å²) in [6.07, 6.45) is 3.20. The van der Waals surface area contributed by atoms with E-state index in [1.54, 1.807) is 6.07 Å². The fraction of sp³-hybridized carbons (Fsp3) is 0.333. The highest BCUT2D eigenvalue weighted by Gasteiger charge is 2.09. The van der Waals surface area contributed by atoms with Crippen LogP contribution >= 0.6 is 0 Å². The molecule has 0 aromatic carbocycles. The van der Waals surface area contributed by atoms with Crippen molar-refractivity contribution in [3.63, 3.8) is 0 Å². The molecule has 1 rings (SSSR count). The van der Waals surface area contributed by atoms with Crippen LogP contribution in [0.3, 0.4) is 0 Å². The molecule has 0 bridgehead atoms. The summed E-state index contributed by atoms with van der Waals surface area (Å²) in [5.41, 5.74) is 0.359. The van der Waals surface area contributed by atoms with Crippen molar-refractivity contribution in [3.05, 3.63) is 23.7 Å². The second-order valence-electron chi connectivity index (χ2n) is 2.52. The maximum atomic E-state index is 11.0. The van der Waals surface area contributed by atoms with Gasteiger partial charge in [-0.15, -0.1) is 0 Å². The molecule has 0 N–H and O–H groups in total. The standard InChI is InChI=1S/C9H9NO4/c1-13-9(12)7-4-8(14-5-7)2-3-10-6-11/h4-5H,2-3H2,1H3. The monoisotopic (exact) mass is 195 g/mol. The Morgan fingerprint density at radius 1 is 1.71 bits per heavy atom. The number of isocyanates is 1. The molecule has 0 aliphatic heterocycles. The predicted molar refractivity (Wildman–Crippen MR) is 46.7 cm³/mol. The first-order chi connectivity index (χ1) is 6.77. The van der Waals surface area contributed by atoms with Gasteiger partial charge in [0, 0.05) is 6.42 Å². The topological polar surface area (TPSA) is 68.9 Å². The van der Waals surface area contributed by atoms with Crippen molar-refractivity contribution in [2.75, 3.05) is 13.7 Å². The van der Waals surface area contributed by atoms with Gasteiger partial charge < -0.3 is 9.15 Å². The Morgan fingerprint density at radius 2 is 2.50 bits per heavy atom. The number of methoxy groups -OCH3 is 1. The molecule has 0 aliphatic rings. The minimum atomic E-state index is -0.445. The molecule has 0 atom stereocenters. The molecule has 74 valence electrons. The van der Waals surface area contributed by atoms with E-state index < -0.39 is 5.97 Å². The summed E-state index contributed by atoms with van der Waals surface area (Å²) in [5.74, 6) is 0.142. The van der Waals surface area contributed by atoms with Crippen LogP contribution in [0.2, 0.25) is 0 Å². The van der Waals surface area contributed by atoms with Crippen LogP contribution in [0, 0.1) is 0 Å². The van der Waals surface area contributed by atoms with Gasteiger partial charge in [-0.25, -0.2) is 14.6 Å². The highest BCUT2D eigenvalue weighted by Crippen LogP contribution is 2.09. The second kappa shape index (κ2) is 4.99. The average molecular weight is 195 g/mol. The van der Waals surface area contributed by atoms with Gasteiger partial charge in [-0.3, -0.25) is 0 Å². The van der Waals surface area contributed by atoms with Gasteiger partial charge in [-0.2, -0.15) is 0 Å². The number of furan rings is 1. The quantitative estimate of drug-likeness (QED) is 0.407. The van der Waals surface area contributed by atoms with Crippen molar-refractivity contribution in [2.45, 2.75) is 6.42 Å². The van der Waals surface area contributed by atoms with Crippen LogP contribution in [0.25, 0.3) is 0 Å². The van der Waals surface area contributed by atoms with Crippen molar-refractivity contribution in [2.24, 2.45) is 4.99 Å². The first-order valence-electron chi connectivity index (χ1n) is 3.97. The second-order valence-corrected chi connectivity index (χ2v) is 2.52. The Labute approximate surface area is 80.4 Å². The smallest absolute Gasteiger partial charge is 0.341 e. The van der Waals surface area contributed by atoms with Gasteiger partial charge in [0.25, 0.3) is 0 Å². The summed E-state index contributed by atoms with van der Waals surface area (Å²) in [4.78, 5) is 24.1. The van der Waals surface area contributed by atoms with Crippen LogP contribution in [0.4, 0.5) is 0 Å². The number of hydrogen-bond donors (Lipinski definition) is 0. The number of ether oxygens (including phenoxy) is 1. The van der Waals surface area contributed by atoms with E-state index in [0.717, 1.165) is 0 Å². The number of carbonyl (C=O) groups is 1. The van der Waals surface area contributed by atoms with Crippen LogP contribution in [-0.2, 0) is 16.0 Å². The van der Waals surface area contributed by atoms with Gasteiger partial charge in [0.2, 0.25) is 6.08 Å². The van der Waals surface area contributed by atoms with Crippen molar-refractivity contribution in [1.82, 2.24) is 0 Å². The molecule has 5 nitrogen and oxygen atoms in total. The van der Waals surface area contributed by atoms with Gasteiger partial charge in [0.05, 0.1) is 19.2 Å². The first-order valence-corrected chi connectivity index (χ1v) is 3.97. The van der Waals surface area contributed by atoms with Gasteiger partial charge in [-0.1, -0.05) is 0 Å². The Kier molecular flexibility index (Phi) is 3.64. The molecule has 0 radical (unpaired) electrons. The van der Waals surface area contributed by atoms with Crippen LogP contribution in [0.15, 0.2) is 21.7 Å². The largest absolute Gasteiger partial charge is 0.468 e. The first kappa shape index (κ1) is 10.2. The zero-order chi connectivity index (χ0) is 10.4. The Morgan fingerprint density at radius 3 is 3.14 bits per heavy atom. The van der Waals surface area contributed by atoms with Crippen LogP contribution < -0.4 is 0 Å². The molecule has 0 amide bonds. The Bertz CT molecular complexity index is 363. The number of nitrogens with zero attached hydrogens (tertiary/aromatic N) is 1. The maximum Gasteiger partial charge on any atom is 0.341 e. The molecule has 0 aliphatic carbocycles. The third kappa shape index (κ3) is 2.57. The zero-order valence-electron chi connectivity index (χ0n) is 7.65. The van der Waals surface area contributed by atoms with E-state index in [2.05, 4.69) is 9.73 Å². The van der Waals surface area contributed by atoms with Crippen LogP contribution in [0.5, 0.6) is 0 Å². The number of aliphatic imine (C=N–C) groups is 1. The highest BCUT2D eigenvalue weighted by atomic mass is 16.5. The van der Waals surface area contributed by atoms with E-state index >= 15 is 0 Å². The SMILES string of the molecule is COC(=O)c1coc(CCN=C=O)c1. The summed E-state index contributed by atoms with van der Waals surface area (Å²) in [7, 11) is 1.30. The van der Waals surface area contributed by atoms with Gasteiger partial charge in [-0.05, 0) is 6.07 Å². The third-order valence-electron chi connectivity index (χ3n) is 1.61. The number of esters is 1. The van der Waals surface area contributed by atoms with E-state index in [-0.39, 0.29) is 0 Å². The predicted octanol–water partition coefficient (Wildman–Crippen LogP) is 0.945. The number of hydrogen-bond acceptors (Lipinski definition) is 5. The summed E-state index contributed by atoms with van der Waals surface area (Å²) < 4.78 is 9.53. The molecule has 0 unspecified atom stereocenters. The molecule has 14 heavy (non-hydrogen) atoms. The molecule has 0 saturated heterocycles. The van der Waals surface area contributed by atoms with Crippen molar-refractivity contribution in [1.29, 1.82) is 0 Å². The molecule has 5 heteroatoms. The van der Waals surface area contributed by atoms with E-state index in [1.807, 2.05) is 0 Å². The Balaban J connectivity index is 2.59. The summed E-state index contributed by atoms with van der Waals surface area (Å²) in [5, 5.41) is 0. The minimum Gasteiger partial charge on any atom is -0.468 e. The molecular weight excluding hydrogens is 186 g/mol. The zero-order valence-corrected chi connectivity index (χ0v) is 7.65. The third-order valence-corrected chi connectivity index (χ3v) is 1.61. The number of rotatable bonds is 4. The molecule has 1 aromatic heterocycles. The lowest BCUT2D eigenvalue weighted by molar-refractivity contribution is 0.0600. The number of carbonyl (C=O) groups excluding carboxylic acids is 2. The van der Waals surface area contributed by atoms with Gasteiger partial charge in [0.1, 0.15) is 12.0 Å². The van der Waals surface area contributed by atoms with Gasteiger partial charge in [0.15, 0.2) is 0 Å². The minimum absolute atomic E-state index is 0.303.